The number of halogens is 3. The number of aliphatic hydroxyl groups is 1. The number of hydrogen-bond donors (Lipinski definition) is 1. The van der Waals surface area contributed by atoms with E-state index in [0.29, 0.717) is 16.5 Å². The van der Waals surface area contributed by atoms with Gasteiger partial charge in [-0.1, -0.05) is 11.3 Å². The van der Waals surface area contributed by atoms with E-state index in [2.05, 4.69) is 5.10 Å². The minimum atomic E-state index is -4.56. The number of alkyl halides is 3. The summed E-state index contributed by atoms with van der Waals surface area (Å²) in [4.78, 5) is 1.85. The van der Waals surface area contributed by atoms with Crippen LogP contribution in [0.1, 0.15) is 36.6 Å². The molecule has 0 atom stereocenters. The fourth-order valence-electron chi connectivity index (χ4n) is 2.44. The molecular weight excluding hydrogens is 323 g/mol. The van der Waals surface area contributed by atoms with E-state index < -0.39 is 11.8 Å². The number of piperidine rings is 1. The molecule has 0 aromatic carbocycles. The summed E-state index contributed by atoms with van der Waals surface area (Å²) in [5.41, 5.74) is -2.55. The lowest BCUT2D eigenvalue weighted by molar-refractivity contribution is -0.273. The minimum absolute atomic E-state index is 0.189. The van der Waals surface area contributed by atoms with Crippen molar-refractivity contribution in [1.29, 1.82) is 0 Å². The number of aromatic nitrogens is 2. The highest BCUT2D eigenvalue weighted by Gasteiger charge is 2.54. The molecule has 1 saturated heterocycles. The van der Waals surface area contributed by atoms with Gasteiger partial charge in [-0.3, -0.25) is 4.90 Å². The van der Waals surface area contributed by atoms with Crippen LogP contribution < -0.4 is 0 Å². The Labute approximate surface area is 129 Å². The highest BCUT2D eigenvalue weighted by atomic mass is 32.1. The average Bonchev–Trinajstić information content (AvgIpc) is 3.17. The Morgan fingerprint density at radius 3 is 2.48 bits per heavy atom. The maximum Gasteiger partial charge on any atom is 0.417 e. The smallest absolute Gasteiger partial charge is 0.380 e. The lowest BCUT2D eigenvalue weighted by atomic mass is 9.91. The van der Waals surface area contributed by atoms with Crippen LogP contribution in [-0.4, -0.2) is 44.7 Å². The fraction of sp³-hybridized carbons (Fsp3) is 0.833. The van der Waals surface area contributed by atoms with Crippen LogP contribution in [0.3, 0.4) is 0 Å². The molecule has 0 radical (unpaired) electrons. The molecular formula is C12H16F3N3OS2. The van der Waals surface area contributed by atoms with Crippen molar-refractivity contribution < 1.29 is 18.3 Å². The third-order valence-corrected chi connectivity index (χ3v) is 5.56. The summed E-state index contributed by atoms with van der Waals surface area (Å²) < 4.78 is 40.6. The van der Waals surface area contributed by atoms with Crippen molar-refractivity contribution in [2.75, 3.05) is 13.1 Å². The molecule has 2 aliphatic rings. The molecule has 1 aliphatic heterocycles. The maximum absolute atomic E-state index is 12.7. The molecule has 0 amide bonds. The van der Waals surface area contributed by atoms with Crippen molar-refractivity contribution in [2.45, 2.75) is 50.0 Å². The standard InChI is InChI=1S/C12H16F3N3OS2/c13-12(14,15)11(19)3-5-17(6-4-11)7-18-10(20)21-9(16-18)8-1-2-8/h8,19H,1-7H2. The highest BCUT2D eigenvalue weighted by molar-refractivity contribution is 7.73. The van der Waals surface area contributed by atoms with E-state index in [9.17, 15) is 18.3 Å². The maximum atomic E-state index is 12.7. The van der Waals surface area contributed by atoms with Crippen LogP contribution in [0.5, 0.6) is 0 Å². The predicted octanol–water partition coefficient (Wildman–Crippen LogP) is 2.90. The molecule has 0 unspecified atom stereocenters. The second-order valence-corrected chi connectivity index (χ2v) is 7.42. The molecule has 2 heterocycles. The van der Waals surface area contributed by atoms with Crippen LogP contribution in [-0.2, 0) is 6.67 Å². The van der Waals surface area contributed by atoms with Crippen LogP contribution in [0, 0.1) is 3.95 Å². The first-order chi connectivity index (χ1) is 9.78. The Bertz CT molecular complexity index is 571. The van der Waals surface area contributed by atoms with Gasteiger partial charge in [0.1, 0.15) is 5.01 Å². The molecule has 9 heteroatoms. The van der Waals surface area contributed by atoms with Crippen molar-refractivity contribution >= 4 is 23.6 Å². The van der Waals surface area contributed by atoms with E-state index in [4.69, 9.17) is 12.2 Å². The summed E-state index contributed by atoms with van der Waals surface area (Å²) in [5, 5.41) is 15.1. The summed E-state index contributed by atoms with van der Waals surface area (Å²) in [7, 11) is 0. The molecule has 3 rings (SSSR count). The molecule has 2 fully saturated rings. The van der Waals surface area contributed by atoms with Crippen LogP contribution in [0.4, 0.5) is 13.2 Å². The number of nitrogens with zero attached hydrogens (tertiary/aromatic N) is 3. The lowest BCUT2D eigenvalue weighted by Crippen LogP contribution is -2.53. The second kappa shape index (κ2) is 5.29. The van der Waals surface area contributed by atoms with E-state index in [1.165, 1.54) is 11.3 Å². The van der Waals surface area contributed by atoms with E-state index in [1.807, 2.05) is 4.90 Å². The van der Waals surface area contributed by atoms with Crippen molar-refractivity contribution in [2.24, 2.45) is 0 Å². The Hall–Kier alpha value is -0.510. The molecule has 4 nitrogen and oxygen atoms in total. The summed E-state index contributed by atoms with van der Waals surface area (Å²) in [6.45, 7) is 0.776. The molecule has 1 aliphatic carbocycles. The SMILES string of the molecule is OC1(C(F)(F)F)CCN(Cn2nc(C3CC3)sc2=S)CC1. The molecule has 21 heavy (non-hydrogen) atoms. The topological polar surface area (TPSA) is 41.3 Å². The van der Waals surface area contributed by atoms with Gasteiger partial charge in [-0.25, -0.2) is 4.68 Å². The summed E-state index contributed by atoms with van der Waals surface area (Å²) >= 11 is 6.74. The van der Waals surface area contributed by atoms with Crippen molar-refractivity contribution in [3.63, 3.8) is 0 Å². The summed E-state index contributed by atoms with van der Waals surface area (Å²) in [5.74, 6) is 0.523. The van der Waals surface area contributed by atoms with Gasteiger partial charge in [-0.05, 0) is 37.9 Å². The second-order valence-electron chi connectivity index (χ2n) is 5.77. The normalized spacial score (nSPS) is 23.4. The van der Waals surface area contributed by atoms with Crippen molar-refractivity contribution in [3.8, 4) is 0 Å². The molecule has 0 spiro atoms. The van der Waals surface area contributed by atoms with Crippen LogP contribution in [0.2, 0.25) is 0 Å². The van der Waals surface area contributed by atoms with Gasteiger partial charge in [-0.2, -0.15) is 18.3 Å². The number of likely N-dealkylation sites (tertiary alicyclic amines) is 1. The first-order valence-corrected chi connectivity index (χ1v) is 8.10. The average molecular weight is 339 g/mol. The minimum Gasteiger partial charge on any atom is -0.380 e. The van der Waals surface area contributed by atoms with Gasteiger partial charge >= 0.3 is 6.18 Å². The highest BCUT2D eigenvalue weighted by Crippen LogP contribution is 2.41. The van der Waals surface area contributed by atoms with Gasteiger partial charge in [0.2, 0.25) is 0 Å². The Morgan fingerprint density at radius 2 is 1.95 bits per heavy atom. The van der Waals surface area contributed by atoms with Crippen LogP contribution in [0.25, 0.3) is 0 Å². The zero-order chi connectivity index (χ0) is 15.3. The molecule has 0 bridgehead atoms. The van der Waals surface area contributed by atoms with Gasteiger partial charge in [0.15, 0.2) is 9.56 Å². The molecule has 1 aromatic rings. The molecule has 1 N–H and O–H groups in total. The largest absolute Gasteiger partial charge is 0.417 e. The van der Waals surface area contributed by atoms with Gasteiger partial charge < -0.3 is 5.11 Å². The monoisotopic (exact) mass is 339 g/mol. The van der Waals surface area contributed by atoms with Crippen molar-refractivity contribution in [1.82, 2.24) is 14.7 Å². The van der Waals surface area contributed by atoms with Crippen LogP contribution in [0.15, 0.2) is 0 Å². The van der Waals surface area contributed by atoms with E-state index >= 15 is 0 Å². The molecule has 1 saturated carbocycles. The Kier molecular flexibility index (Phi) is 3.88. The first kappa shape index (κ1) is 15.4. The Balaban J connectivity index is 1.62. The van der Waals surface area contributed by atoms with E-state index in [0.717, 1.165) is 17.8 Å². The number of rotatable bonds is 3. The zero-order valence-corrected chi connectivity index (χ0v) is 12.9. The van der Waals surface area contributed by atoms with Gasteiger partial charge in [0.25, 0.3) is 0 Å². The Morgan fingerprint density at radius 1 is 1.33 bits per heavy atom. The third-order valence-electron chi connectivity index (χ3n) is 4.09. The summed E-state index contributed by atoms with van der Waals surface area (Å²) in [6.07, 6.45) is -2.88. The van der Waals surface area contributed by atoms with E-state index in [-0.39, 0.29) is 25.9 Å². The number of hydrogen-bond acceptors (Lipinski definition) is 5. The van der Waals surface area contributed by atoms with E-state index in [1.54, 1.807) is 4.68 Å². The summed E-state index contributed by atoms with van der Waals surface area (Å²) in [6, 6.07) is 0. The first-order valence-electron chi connectivity index (χ1n) is 6.88. The fourth-order valence-corrected chi connectivity index (χ4v) is 3.72. The molecule has 1 aromatic heterocycles. The molecule has 118 valence electrons. The lowest BCUT2D eigenvalue weighted by Gasteiger charge is -2.38. The van der Waals surface area contributed by atoms with Crippen LogP contribution >= 0.6 is 23.6 Å². The van der Waals surface area contributed by atoms with Gasteiger partial charge in [-0.15, -0.1) is 0 Å². The zero-order valence-electron chi connectivity index (χ0n) is 11.3. The van der Waals surface area contributed by atoms with Crippen molar-refractivity contribution in [3.05, 3.63) is 8.96 Å². The van der Waals surface area contributed by atoms with Gasteiger partial charge in [0, 0.05) is 19.0 Å². The van der Waals surface area contributed by atoms with Gasteiger partial charge in [0.05, 0.1) is 6.67 Å². The predicted molar refractivity (Wildman–Crippen MR) is 74.7 cm³/mol. The third kappa shape index (κ3) is 3.15. The quantitative estimate of drug-likeness (QED) is 0.860.